The van der Waals surface area contributed by atoms with Crippen molar-refractivity contribution >= 4 is 29.4 Å². The lowest BCUT2D eigenvalue weighted by molar-refractivity contribution is -0.139. The largest absolute Gasteiger partial charge is 0.493 e. The zero-order valence-electron chi connectivity index (χ0n) is 19.0. The molecule has 1 aliphatic rings. The number of hydrogen-bond acceptors (Lipinski definition) is 9. The van der Waals surface area contributed by atoms with Gasteiger partial charge in [-0.3, -0.25) is 14.2 Å². The Bertz CT molecular complexity index is 1460. The number of benzene rings is 1. The number of esters is 2. The highest BCUT2D eigenvalue weighted by Gasteiger charge is 2.34. The summed E-state index contributed by atoms with van der Waals surface area (Å²) in [5.74, 6) is -0.0433. The van der Waals surface area contributed by atoms with Crippen LogP contribution in [-0.4, -0.2) is 30.2 Å². The number of aromatic nitrogens is 1. The summed E-state index contributed by atoms with van der Waals surface area (Å²) in [5.41, 5.74) is 0.914. The number of thiazole rings is 1. The maximum atomic E-state index is 13.5. The highest BCUT2D eigenvalue weighted by atomic mass is 32.1. The van der Waals surface area contributed by atoms with Gasteiger partial charge in [0.2, 0.25) is 0 Å². The quantitative estimate of drug-likeness (QED) is 0.392. The van der Waals surface area contributed by atoms with Crippen molar-refractivity contribution in [3.8, 4) is 11.5 Å². The van der Waals surface area contributed by atoms with E-state index in [9.17, 15) is 14.4 Å². The monoisotopic (exact) mass is 482 g/mol. The molecule has 0 radical (unpaired) electrons. The van der Waals surface area contributed by atoms with Gasteiger partial charge in [-0.25, -0.2) is 9.79 Å². The van der Waals surface area contributed by atoms with Crippen molar-refractivity contribution in [2.24, 2.45) is 4.99 Å². The number of carbonyl (C=O) groups is 2. The van der Waals surface area contributed by atoms with E-state index in [1.807, 2.05) is 0 Å². The summed E-state index contributed by atoms with van der Waals surface area (Å²) < 4.78 is 23.1. The molecule has 0 saturated carbocycles. The number of fused-ring (bicyclic) bond motifs is 1. The Kier molecular flexibility index (Phi) is 6.51. The molecule has 4 rings (SSSR count). The van der Waals surface area contributed by atoms with Gasteiger partial charge in [0.05, 0.1) is 41.8 Å². The third kappa shape index (κ3) is 4.32. The fourth-order valence-corrected chi connectivity index (χ4v) is 4.73. The molecule has 1 aromatic carbocycles. The van der Waals surface area contributed by atoms with Crippen LogP contribution in [0.4, 0.5) is 0 Å². The van der Waals surface area contributed by atoms with E-state index in [0.29, 0.717) is 26.4 Å². The third-order valence-electron chi connectivity index (χ3n) is 5.09. The highest BCUT2D eigenvalue weighted by molar-refractivity contribution is 7.07. The molecule has 3 aromatic rings. The normalized spacial score (nSPS) is 15.5. The molecule has 0 N–H and O–H groups in total. The smallest absolute Gasteiger partial charge is 0.338 e. The van der Waals surface area contributed by atoms with Crippen LogP contribution >= 0.6 is 11.3 Å². The van der Waals surface area contributed by atoms with Crippen LogP contribution in [0.1, 0.15) is 38.1 Å². The summed E-state index contributed by atoms with van der Waals surface area (Å²) in [6.07, 6.45) is 3.15. The Morgan fingerprint density at radius 1 is 1.26 bits per heavy atom. The number of nitrogens with zero attached hydrogens (tertiary/aromatic N) is 2. The first-order valence-corrected chi connectivity index (χ1v) is 11.2. The number of hydrogen-bond donors (Lipinski definition) is 0. The fraction of sp³-hybridized carbons (Fsp3) is 0.250. The van der Waals surface area contributed by atoms with Crippen LogP contribution in [0.2, 0.25) is 0 Å². The van der Waals surface area contributed by atoms with Crippen molar-refractivity contribution in [1.82, 2.24) is 4.57 Å². The van der Waals surface area contributed by atoms with Gasteiger partial charge in [0.1, 0.15) is 5.76 Å². The highest BCUT2D eigenvalue weighted by Crippen LogP contribution is 2.36. The maximum absolute atomic E-state index is 13.5. The second-order valence-electron chi connectivity index (χ2n) is 7.32. The summed E-state index contributed by atoms with van der Waals surface area (Å²) in [6.45, 7) is 4.86. The first-order valence-electron chi connectivity index (χ1n) is 10.4. The van der Waals surface area contributed by atoms with E-state index in [0.717, 1.165) is 0 Å². The minimum absolute atomic E-state index is 0.167. The molecule has 0 amide bonds. The van der Waals surface area contributed by atoms with Gasteiger partial charge >= 0.3 is 11.9 Å². The molecule has 0 unspecified atom stereocenters. The zero-order valence-corrected chi connectivity index (χ0v) is 19.8. The van der Waals surface area contributed by atoms with Gasteiger partial charge in [-0.1, -0.05) is 17.4 Å². The Morgan fingerprint density at radius 2 is 2.06 bits per heavy atom. The molecule has 0 bridgehead atoms. The molecule has 176 valence electrons. The Hall–Kier alpha value is -3.92. The molecular weight excluding hydrogens is 460 g/mol. The molecule has 34 heavy (non-hydrogen) atoms. The van der Waals surface area contributed by atoms with Gasteiger partial charge < -0.3 is 18.6 Å². The van der Waals surface area contributed by atoms with Gasteiger partial charge in [-0.15, -0.1) is 0 Å². The molecule has 10 heteroatoms. The maximum Gasteiger partial charge on any atom is 0.338 e. The average molecular weight is 483 g/mol. The van der Waals surface area contributed by atoms with E-state index in [1.165, 1.54) is 36.2 Å². The number of allylic oxidation sites excluding steroid dienone is 1. The molecule has 3 heterocycles. The van der Waals surface area contributed by atoms with Crippen molar-refractivity contribution in [3.63, 3.8) is 0 Å². The fourth-order valence-electron chi connectivity index (χ4n) is 3.70. The van der Waals surface area contributed by atoms with Crippen molar-refractivity contribution in [2.45, 2.75) is 26.8 Å². The first-order chi connectivity index (χ1) is 16.3. The Morgan fingerprint density at radius 3 is 2.71 bits per heavy atom. The molecule has 1 atom stereocenters. The van der Waals surface area contributed by atoms with Crippen molar-refractivity contribution in [2.75, 3.05) is 13.7 Å². The van der Waals surface area contributed by atoms with Gasteiger partial charge in [0, 0.05) is 13.0 Å². The van der Waals surface area contributed by atoms with Crippen molar-refractivity contribution in [1.29, 1.82) is 0 Å². The van der Waals surface area contributed by atoms with Gasteiger partial charge in [0.15, 0.2) is 16.3 Å². The molecular formula is C24H22N2O7S. The van der Waals surface area contributed by atoms with E-state index in [1.54, 1.807) is 50.3 Å². The summed E-state index contributed by atoms with van der Waals surface area (Å²) in [7, 11) is 1.44. The standard InChI is InChI=1S/C24H22N2O7S/c1-5-31-23(29)20-13(2)25-24-26(22(28)19(34-24)12-16-7-6-10-32-16)21(20)15-8-9-17(33-14(3)27)18(11-15)30-4/h6-12,21H,5H2,1-4H3/b19-12+/t21-/m1/s1. The topological polar surface area (TPSA) is 109 Å². The van der Waals surface area contributed by atoms with E-state index in [2.05, 4.69) is 4.99 Å². The number of rotatable bonds is 6. The molecule has 0 fully saturated rings. The SMILES string of the molecule is CCOC(=O)C1=C(C)N=c2s/c(=C/c3ccco3)c(=O)n2[C@@H]1c1ccc(OC(C)=O)c(OC)c1. The number of methoxy groups -OCH3 is 1. The van der Waals surface area contributed by atoms with E-state index in [-0.39, 0.29) is 29.2 Å². The van der Waals surface area contributed by atoms with Crippen molar-refractivity contribution in [3.05, 3.63) is 78.9 Å². The molecule has 0 spiro atoms. The molecule has 0 aliphatic carbocycles. The zero-order chi connectivity index (χ0) is 24.4. The minimum Gasteiger partial charge on any atom is -0.493 e. The number of furan rings is 1. The predicted octanol–water partition coefficient (Wildman–Crippen LogP) is 2.33. The summed E-state index contributed by atoms with van der Waals surface area (Å²) in [6, 6.07) is 7.51. The third-order valence-corrected chi connectivity index (χ3v) is 6.07. The van der Waals surface area contributed by atoms with Gasteiger partial charge in [0.25, 0.3) is 5.56 Å². The Labute approximate surface area is 198 Å². The Balaban J connectivity index is 1.95. The summed E-state index contributed by atoms with van der Waals surface area (Å²) >= 11 is 1.19. The lowest BCUT2D eigenvalue weighted by Gasteiger charge is -2.25. The van der Waals surface area contributed by atoms with Crippen LogP contribution in [0.3, 0.4) is 0 Å². The molecule has 0 saturated heterocycles. The lowest BCUT2D eigenvalue weighted by Crippen LogP contribution is -2.39. The number of ether oxygens (including phenoxy) is 3. The molecule has 9 nitrogen and oxygen atoms in total. The molecule has 2 aromatic heterocycles. The summed E-state index contributed by atoms with van der Waals surface area (Å²) in [5, 5.41) is 0. The minimum atomic E-state index is -0.825. The van der Waals surface area contributed by atoms with E-state index < -0.39 is 18.0 Å². The van der Waals surface area contributed by atoms with Crippen LogP contribution in [0.15, 0.2) is 62.1 Å². The summed E-state index contributed by atoms with van der Waals surface area (Å²) in [4.78, 5) is 42.9. The van der Waals surface area contributed by atoms with Crippen molar-refractivity contribution < 1.29 is 28.2 Å². The van der Waals surface area contributed by atoms with E-state index >= 15 is 0 Å². The lowest BCUT2D eigenvalue weighted by atomic mass is 9.95. The van der Waals surface area contributed by atoms with Gasteiger partial charge in [-0.2, -0.15) is 0 Å². The average Bonchev–Trinajstić information content (AvgIpc) is 3.41. The second kappa shape index (κ2) is 9.52. The second-order valence-corrected chi connectivity index (χ2v) is 8.33. The molecule has 1 aliphatic heterocycles. The van der Waals surface area contributed by atoms with Crippen LogP contribution in [0.25, 0.3) is 6.08 Å². The first kappa shape index (κ1) is 23.2. The van der Waals surface area contributed by atoms with Crippen LogP contribution < -0.4 is 24.4 Å². The number of carbonyl (C=O) groups excluding carboxylic acids is 2. The van der Waals surface area contributed by atoms with Gasteiger partial charge in [-0.05, 0) is 43.7 Å². The predicted molar refractivity (Wildman–Crippen MR) is 123 cm³/mol. The van der Waals surface area contributed by atoms with Crippen LogP contribution in [-0.2, 0) is 14.3 Å². The van der Waals surface area contributed by atoms with E-state index in [4.69, 9.17) is 18.6 Å². The van der Waals surface area contributed by atoms with Crippen LogP contribution in [0.5, 0.6) is 11.5 Å². The van der Waals surface area contributed by atoms with Crippen LogP contribution in [0, 0.1) is 0 Å².